The number of benzene rings is 2. The third kappa shape index (κ3) is 3.33. The van der Waals surface area contributed by atoms with Gasteiger partial charge in [-0.1, -0.05) is 0 Å². The lowest BCUT2D eigenvalue weighted by Gasteiger charge is -2.26. The molecule has 0 fully saturated rings. The fourth-order valence-corrected chi connectivity index (χ4v) is 3.32. The maximum atomic E-state index is 12.5. The smallest absolute Gasteiger partial charge is 0.251 e. The molecule has 1 aliphatic rings. The van der Waals surface area contributed by atoms with Crippen molar-refractivity contribution in [2.24, 2.45) is 0 Å². The van der Waals surface area contributed by atoms with Crippen LogP contribution >= 0.6 is 0 Å². The summed E-state index contributed by atoms with van der Waals surface area (Å²) in [5.74, 6) is 2.22. The Bertz CT molecular complexity index is 965. The van der Waals surface area contributed by atoms with E-state index in [1.165, 1.54) is 0 Å². The maximum absolute atomic E-state index is 12.5. The first-order valence-electron chi connectivity index (χ1n) is 8.74. The summed E-state index contributed by atoms with van der Waals surface area (Å²) in [5.41, 5.74) is 2.46. The zero-order valence-electron chi connectivity index (χ0n) is 15.3. The van der Waals surface area contributed by atoms with Crippen LogP contribution in [0.15, 0.2) is 42.5 Å². The van der Waals surface area contributed by atoms with Gasteiger partial charge in [0.05, 0.1) is 37.9 Å². The van der Waals surface area contributed by atoms with Crippen LogP contribution in [-0.2, 0) is 11.3 Å². The SMILES string of the molecule is COc1ccc(C(=O)NCC2COCc3nc4ccc(OC)cc4n32)cc1. The molecular weight excluding hydrogens is 346 g/mol. The first-order valence-corrected chi connectivity index (χ1v) is 8.74. The summed E-state index contributed by atoms with van der Waals surface area (Å²) in [6.07, 6.45) is 0. The van der Waals surface area contributed by atoms with E-state index in [0.29, 0.717) is 25.3 Å². The van der Waals surface area contributed by atoms with E-state index in [-0.39, 0.29) is 11.9 Å². The maximum Gasteiger partial charge on any atom is 0.251 e. The fourth-order valence-electron chi connectivity index (χ4n) is 3.32. The van der Waals surface area contributed by atoms with Gasteiger partial charge in [-0.05, 0) is 36.4 Å². The van der Waals surface area contributed by atoms with Gasteiger partial charge in [0.1, 0.15) is 23.9 Å². The van der Waals surface area contributed by atoms with Crippen LogP contribution in [0.2, 0.25) is 0 Å². The summed E-state index contributed by atoms with van der Waals surface area (Å²) in [6.45, 7) is 1.42. The number of carbonyl (C=O) groups is 1. The lowest BCUT2D eigenvalue weighted by atomic mass is 10.2. The van der Waals surface area contributed by atoms with Crippen molar-refractivity contribution in [3.63, 3.8) is 0 Å². The average molecular weight is 367 g/mol. The van der Waals surface area contributed by atoms with Gasteiger partial charge in [0.2, 0.25) is 0 Å². The molecule has 0 radical (unpaired) electrons. The first-order chi connectivity index (χ1) is 13.2. The zero-order chi connectivity index (χ0) is 18.8. The molecule has 7 heteroatoms. The molecule has 0 bridgehead atoms. The lowest BCUT2D eigenvalue weighted by Crippen LogP contribution is -2.35. The number of fused-ring (bicyclic) bond motifs is 3. The second kappa shape index (κ2) is 7.28. The normalized spacial score (nSPS) is 16.0. The van der Waals surface area contributed by atoms with Gasteiger partial charge in [-0.3, -0.25) is 4.79 Å². The van der Waals surface area contributed by atoms with Gasteiger partial charge in [-0.25, -0.2) is 4.98 Å². The predicted molar refractivity (Wildman–Crippen MR) is 100 cm³/mol. The molecule has 2 heterocycles. The second-order valence-electron chi connectivity index (χ2n) is 6.36. The van der Waals surface area contributed by atoms with Crippen molar-refractivity contribution in [2.45, 2.75) is 12.6 Å². The summed E-state index contributed by atoms with van der Waals surface area (Å²) < 4.78 is 18.3. The minimum atomic E-state index is -0.133. The van der Waals surface area contributed by atoms with E-state index in [1.54, 1.807) is 38.5 Å². The van der Waals surface area contributed by atoms with Crippen molar-refractivity contribution < 1.29 is 19.0 Å². The van der Waals surface area contributed by atoms with Crippen molar-refractivity contribution in [3.8, 4) is 11.5 Å². The average Bonchev–Trinajstić information content (AvgIpc) is 3.10. The number of amides is 1. The Morgan fingerprint density at radius 3 is 2.67 bits per heavy atom. The summed E-state index contributed by atoms with van der Waals surface area (Å²) in [7, 11) is 3.24. The van der Waals surface area contributed by atoms with Gasteiger partial charge >= 0.3 is 0 Å². The van der Waals surface area contributed by atoms with Crippen LogP contribution in [0.4, 0.5) is 0 Å². The molecular formula is C20H21N3O4. The number of hydrogen-bond acceptors (Lipinski definition) is 5. The molecule has 1 N–H and O–H groups in total. The highest BCUT2D eigenvalue weighted by Crippen LogP contribution is 2.28. The van der Waals surface area contributed by atoms with Crippen molar-refractivity contribution in [1.29, 1.82) is 0 Å². The Balaban J connectivity index is 1.54. The molecule has 1 atom stereocenters. The minimum absolute atomic E-state index is 0.0342. The highest BCUT2D eigenvalue weighted by atomic mass is 16.5. The van der Waals surface area contributed by atoms with Crippen molar-refractivity contribution in [1.82, 2.24) is 14.9 Å². The number of ether oxygens (including phenoxy) is 3. The zero-order valence-corrected chi connectivity index (χ0v) is 15.3. The quantitative estimate of drug-likeness (QED) is 0.750. The number of imidazole rings is 1. The van der Waals surface area contributed by atoms with E-state index in [1.807, 2.05) is 18.2 Å². The number of hydrogen-bond donors (Lipinski definition) is 1. The van der Waals surface area contributed by atoms with E-state index in [2.05, 4.69) is 14.9 Å². The Kier molecular flexibility index (Phi) is 4.68. The Morgan fingerprint density at radius 2 is 1.93 bits per heavy atom. The highest BCUT2D eigenvalue weighted by molar-refractivity contribution is 5.94. The molecule has 1 aromatic heterocycles. The largest absolute Gasteiger partial charge is 0.497 e. The molecule has 2 aromatic carbocycles. The third-order valence-electron chi connectivity index (χ3n) is 4.73. The van der Waals surface area contributed by atoms with Gasteiger partial charge in [0, 0.05) is 18.2 Å². The molecule has 0 saturated carbocycles. The van der Waals surface area contributed by atoms with Crippen LogP contribution in [0.1, 0.15) is 22.2 Å². The number of rotatable bonds is 5. The van der Waals surface area contributed by atoms with Crippen LogP contribution in [-0.4, -0.2) is 42.8 Å². The fraction of sp³-hybridized carbons (Fsp3) is 0.300. The Hall–Kier alpha value is -3.06. The summed E-state index contributed by atoms with van der Waals surface area (Å²) in [5, 5.41) is 2.99. The highest BCUT2D eigenvalue weighted by Gasteiger charge is 2.25. The van der Waals surface area contributed by atoms with Crippen LogP contribution in [0.5, 0.6) is 11.5 Å². The van der Waals surface area contributed by atoms with Gasteiger partial charge in [0.15, 0.2) is 0 Å². The molecule has 7 nitrogen and oxygen atoms in total. The van der Waals surface area contributed by atoms with E-state index in [0.717, 1.165) is 28.4 Å². The summed E-state index contributed by atoms with van der Waals surface area (Å²) in [4.78, 5) is 17.1. The molecule has 0 spiro atoms. The molecule has 140 valence electrons. The van der Waals surface area contributed by atoms with Gasteiger partial charge in [-0.2, -0.15) is 0 Å². The van der Waals surface area contributed by atoms with Gasteiger partial charge < -0.3 is 24.1 Å². The van der Waals surface area contributed by atoms with Gasteiger partial charge in [-0.15, -0.1) is 0 Å². The van der Waals surface area contributed by atoms with Crippen LogP contribution in [0.3, 0.4) is 0 Å². The van der Waals surface area contributed by atoms with Crippen molar-refractivity contribution in [3.05, 3.63) is 53.9 Å². The van der Waals surface area contributed by atoms with Crippen LogP contribution < -0.4 is 14.8 Å². The molecule has 1 aliphatic heterocycles. The molecule has 3 aromatic rings. The molecule has 0 saturated heterocycles. The number of nitrogens with zero attached hydrogens (tertiary/aromatic N) is 2. The third-order valence-corrected chi connectivity index (χ3v) is 4.73. The Labute approximate surface area is 156 Å². The van der Waals surface area contributed by atoms with E-state index < -0.39 is 0 Å². The van der Waals surface area contributed by atoms with Gasteiger partial charge in [0.25, 0.3) is 5.91 Å². The molecule has 27 heavy (non-hydrogen) atoms. The summed E-state index contributed by atoms with van der Waals surface area (Å²) in [6, 6.07) is 12.8. The minimum Gasteiger partial charge on any atom is -0.497 e. The number of aromatic nitrogens is 2. The van der Waals surface area contributed by atoms with Crippen LogP contribution in [0, 0.1) is 0 Å². The topological polar surface area (TPSA) is 74.6 Å². The van der Waals surface area contributed by atoms with E-state index in [4.69, 9.17) is 14.2 Å². The molecule has 0 aliphatic carbocycles. The van der Waals surface area contributed by atoms with Crippen molar-refractivity contribution >= 4 is 16.9 Å². The standard InChI is InChI=1S/C20H21N3O4/c1-25-15-5-3-13(4-6-15)20(24)21-10-14-11-27-12-19-22-17-8-7-16(26-2)9-18(17)23(14)19/h3-9,14H,10-12H2,1-2H3,(H,21,24). The molecule has 1 unspecified atom stereocenters. The first kappa shape index (κ1) is 17.4. The number of methoxy groups -OCH3 is 2. The number of nitrogens with one attached hydrogen (secondary N) is 1. The lowest BCUT2D eigenvalue weighted by molar-refractivity contribution is 0.0553. The summed E-state index contributed by atoms with van der Waals surface area (Å²) >= 11 is 0. The predicted octanol–water partition coefficient (Wildman–Crippen LogP) is 2.55. The Morgan fingerprint density at radius 1 is 1.19 bits per heavy atom. The number of carbonyl (C=O) groups excluding carboxylic acids is 1. The second-order valence-corrected chi connectivity index (χ2v) is 6.36. The van der Waals surface area contributed by atoms with E-state index >= 15 is 0 Å². The van der Waals surface area contributed by atoms with Crippen LogP contribution in [0.25, 0.3) is 11.0 Å². The molecule has 4 rings (SSSR count). The molecule has 1 amide bonds. The van der Waals surface area contributed by atoms with Crippen molar-refractivity contribution in [2.75, 3.05) is 27.4 Å². The monoisotopic (exact) mass is 367 g/mol. The van der Waals surface area contributed by atoms with E-state index in [9.17, 15) is 4.79 Å².